The van der Waals surface area contributed by atoms with E-state index in [1.165, 1.54) is 0 Å². The van der Waals surface area contributed by atoms with Crippen LogP contribution in [0, 0.1) is 0 Å². The third-order valence-corrected chi connectivity index (χ3v) is 3.38. The van der Waals surface area contributed by atoms with Crippen molar-refractivity contribution in [1.29, 1.82) is 0 Å². The zero-order valence-electron chi connectivity index (χ0n) is 11.9. The molecule has 0 saturated heterocycles. The van der Waals surface area contributed by atoms with Gasteiger partial charge in [-0.05, 0) is 44.9 Å². The van der Waals surface area contributed by atoms with E-state index in [4.69, 9.17) is 10.7 Å². The second-order valence-electron chi connectivity index (χ2n) is 5.33. The van der Waals surface area contributed by atoms with Gasteiger partial charge in [0.15, 0.2) is 0 Å². The van der Waals surface area contributed by atoms with Crippen LogP contribution in [0.3, 0.4) is 0 Å². The number of hydrogen-bond donors (Lipinski definition) is 2. The standard InChI is InChI=1S/C15H23N3O/c1-4-5-15-17-13-9-12(16)6-7-14(13)18(15)10(2)8-11(3)19/h6-7,9-11,19H,4-5,8,16H2,1-3H3. The summed E-state index contributed by atoms with van der Waals surface area (Å²) in [6.45, 7) is 6.11. The van der Waals surface area contributed by atoms with Gasteiger partial charge in [0.05, 0.1) is 17.1 Å². The van der Waals surface area contributed by atoms with Crippen molar-refractivity contribution in [3.8, 4) is 0 Å². The highest BCUT2D eigenvalue weighted by Crippen LogP contribution is 2.26. The number of nitrogen functional groups attached to an aromatic ring is 1. The molecule has 0 amide bonds. The molecule has 19 heavy (non-hydrogen) atoms. The van der Waals surface area contributed by atoms with E-state index < -0.39 is 0 Å². The molecule has 0 aliphatic heterocycles. The van der Waals surface area contributed by atoms with Gasteiger partial charge in [-0.15, -0.1) is 0 Å². The average molecular weight is 261 g/mol. The minimum Gasteiger partial charge on any atom is -0.399 e. The Morgan fingerprint density at radius 3 is 2.74 bits per heavy atom. The van der Waals surface area contributed by atoms with Crippen LogP contribution in [0.15, 0.2) is 18.2 Å². The van der Waals surface area contributed by atoms with Gasteiger partial charge in [-0.25, -0.2) is 4.98 Å². The molecule has 104 valence electrons. The first kappa shape index (κ1) is 13.9. The lowest BCUT2D eigenvalue weighted by Crippen LogP contribution is -2.14. The Morgan fingerprint density at radius 2 is 2.11 bits per heavy atom. The van der Waals surface area contributed by atoms with Gasteiger partial charge in [0, 0.05) is 18.2 Å². The van der Waals surface area contributed by atoms with Crippen LogP contribution in [0.2, 0.25) is 0 Å². The highest BCUT2D eigenvalue weighted by molar-refractivity contribution is 5.79. The maximum atomic E-state index is 9.60. The molecule has 1 aromatic heterocycles. The molecule has 2 rings (SSSR count). The molecular formula is C15H23N3O. The van der Waals surface area contributed by atoms with Gasteiger partial charge in [0.25, 0.3) is 0 Å². The van der Waals surface area contributed by atoms with Crippen molar-refractivity contribution in [1.82, 2.24) is 9.55 Å². The number of fused-ring (bicyclic) bond motifs is 1. The van der Waals surface area contributed by atoms with Crippen molar-refractivity contribution < 1.29 is 5.11 Å². The molecule has 4 heteroatoms. The van der Waals surface area contributed by atoms with E-state index in [0.717, 1.165) is 41.8 Å². The quantitative estimate of drug-likeness (QED) is 0.813. The van der Waals surface area contributed by atoms with Gasteiger partial charge >= 0.3 is 0 Å². The lowest BCUT2D eigenvalue weighted by atomic mass is 10.1. The summed E-state index contributed by atoms with van der Waals surface area (Å²) in [6, 6.07) is 6.08. The van der Waals surface area contributed by atoms with Gasteiger partial charge in [-0.3, -0.25) is 0 Å². The summed E-state index contributed by atoms with van der Waals surface area (Å²) in [4.78, 5) is 4.69. The number of benzene rings is 1. The number of aryl methyl sites for hydroxylation is 1. The fourth-order valence-electron chi connectivity index (χ4n) is 2.66. The van der Waals surface area contributed by atoms with E-state index in [-0.39, 0.29) is 12.1 Å². The molecule has 2 atom stereocenters. The number of rotatable bonds is 5. The topological polar surface area (TPSA) is 64.1 Å². The van der Waals surface area contributed by atoms with Crippen LogP contribution in [0.25, 0.3) is 11.0 Å². The zero-order valence-corrected chi connectivity index (χ0v) is 11.9. The molecule has 0 radical (unpaired) electrons. The van der Waals surface area contributed by atoms with Gasteiger partial charge in [-0.1, -0.05) is 6.92 Å². The lowest BCUT2D eigenvalue weighted by Gasteiger charge is -2.19. The van der Waals surface area contributed by atoms with Crippen molar-refractivity contribution in [2.75, 3.05) is 5.73 Å². The molecule has 2 unspecified atom stereocenters. The third kappa shape index (κ3) is 2.89. The third-order valence-electron chi connectivity index (χ3n) is 3.38. The predicted molar refractivity (Wildman–Crippen MR) is 79.1 cm³/mol. The Morgan fingerprint density at radius 1 is 1.37 bits per heavy atom. The molecule has 0 spiro atoms. The SMILES string of the molecule is CCCc1nc2cc(N)ccc2n1C(C)CC(C)O. The van der Waals surface area contributed by atoms with Crippen molar-refractivity contribution in [2.45, 2.75) is 52.2 Å². The van der Waals surface area contributed by atoms with E-state index in [2.05, 4.69) is 18.4 Å². The summed E-state index contributed by atoms with van der Waals surface area (Å²) in [5.74, 6) is 1.08. The van der Waals surface area contributed by atoms with Gasteiger partial charge < -0.3 is 15.4 Å². The maximum absolute atomic E-state index is 9.60. The van der Waals surface area contributed by atoms with Crippen LogP contribution in [0.4, 0.5) is 5.69 Å². The second-order valence-corrected chi connectivity index (χ2v) is 5.33. The Balaban J connectivity index is 2.51. The van der Waals surface area contributed by atoms with Crippen LogP contribution in [0.5, 0.6) is 0 Å². The monoisotopic (exact) mass is 261 g/mol. The highest BCUT2D eigenvalue weighted by atomic mass is 16.3. The van der Waals surface area contributed by atoms with E-state index in [9.17, 15) is 5.11 Å². The van der Waals surface area contributed by atoms with Crippen molar-refractivity contribution in [2.24, 2.45) is 0 Å². The average Bonchev–Trinajstić information content (AvgIpc) is 2.65. The fourth-order valence-corrected chi connectivity index (χ4v) is 2.66. The summed E-state index contributed by atoms with van der Waals surface area (Å²) >= 11 is 0. The zero-order chi connectivity index (χ0) is 14.0. The summed E-state index contributed by atoms with van der Waals surface area (Å²) in [7, 11) is 0. The van der Waals surface area contributed by atoms with Crippen LogP contribution < -0.4 is 5.73 Å². The molecule has 1 heterocycles. The first-order chi connectivity index (χ1) is 9.02. The summed E-state index contributed by atoms with van der Waals surface area (Å²) < 4.78 is 2.24. The largest absolute Gasteiger partial charge is 0.399 e. The number of aromatic nitrogens is 2. The molecule has 2 aromatic rings. The number of anilines is 1. The summed E-state index contributed by atoms with van der Waals surface area (Å²) in [5, 5.41) is 9.60. The Bertz CT molecular complexity index is 560. The molecule has 3 N–H and O–H groups in total. The van der Waals surface area contributed by atoms with E-state index in [1.807, 2.05) is 25.1 Å². The highest BCUT2D eigenvalue weighted by Gasteiger charge is 2.16. The van der Waals surface area contributed by atoms with Gasteiger partial charge in [0.2, 0.25) is 0 Å². The predicted octanol–water partition coefficient (Wildman–Crippen LogP) is 2.90. The Kier molecular flexibility index (Phi) is 4.10. The van der Waals surface area contributed by atoms with E-state index >= 15 is 0 Å². The minimum absolute atomic E-state index is 0.232. The van der Waals surface area contributed by atoms with Crippen molar-refractivity contribution in [3.63, 3.8) is 0 Å². The van der Waals surface area contributed by atoms with E-state index in [1.54, 1.807) is 0 Å². The molecule has 1 aromatic carbocycles. The number of nitrogens with zero attached hydrogens (tertiary/aromatic N) is 2. The molecule has 0 aliphatic rings. The van der Waals surface area contributed by atoms with Crippen molar-refractivity contribution in [3.05, 3.63) is 24.0 Å². The van der Waals surface area contributed by atoms with Crippen molar-refractivity contribution >= 4 is 16.7 Å². The maximum Gasteiger partial charge on any atom is 0.110 e. The number of hydrogen-bond acceptors (Lipinski definition) is 3. The molecular weight excluding hydrogens is 238 g/mol. The lowest BCUT2D eigenvalue weighted by molar-refractivity contribution is 0.165. The Hall–Kier alpha value is -1.55. The second kappa shape index (κ2) is 5.61. The smallest absolute Gasteiger partial charge is 0.110 e. The summed E-state index contributed by atoms with van der Waals surface area (Å²) in [5.41, 5.74) is 8.61. The molecule has 0 fully saturated rings. The van der Waals surface area contributed by atoms with E-state index in [0.29, 0.717) is 0 Å². The van der Waals surface area contributed by atoms with Crippen LogP contribution in [-0.4, -0.2) is 20.8 Å². The minimum atomic E-state index is -0.310. The van der Waals surface area contributed by atoms with Gasteiger partial charge in [0.1, 0.15) is 5.82 Å². The molecule has 0 aliphatic carbocycles. The summed E-state index contributed by atoms with van der Waals surface area (Å²) in [6.07, 6.45) is 2.42. The first-order valence-corrected chi connectivity index (χ1v) is 6.97. The molecule has 0 saturated carbocycles. The Labute approximate surface area is 114 Å². The normalized spacial score (nSPS) is 14.7. The number of aliphatic hydroxyl groups is 1. The van der Waals surface area contributed by atoms with Crippen LogP contribution >= 0.6 is 0 Å². The fraction of sp³-hybridized carbons (Fsp3) is 0.533. The number of imidazole rings is 1. The molecule has 0 bridgehead atoms. The number of nitrogens with two attached hydrogens (primary N) is 1. The van der Waals surface area contributed by atoms with Crippen LogP contribution in [0.1, 0.15) is 45.5 Å². The van der Waals surface area contributed by atoms with Crippen LogP contribution in [-0.2, 0) is 6.42 Å². The number of aliphatic hydroxyl groups excluding tert-OH is 1. The molecule has 4 nitrogen and oxygen atoms in total. The first-order valence-electron chi connectivity index (χ1n) is 6.97. The van der Waals surface area contributed by atoms with Gasteiger partial charge in [-0.2, -0.15) is 0 Å².